The van der Waals surface area contributed by atoms with Gasteiger partial charge < -0.3 is 5.73 Å². The number of pyridine rings is 1. The molecular weight excluding hydrogens is 243 g/mol. The molecule has 0 bridgehead atoms. The summed E-state index contributed by atoms with van der Waals surface area (Å²) >= 11 is 5.17. The summed E-state index contributed by atoms with van der Waals surface area (Å²) in [5, 5.41) is -1.11. The molecule has 0 fully saturated rings. The Morgan fingerprint density at radius 1 is 1.33 bits per heavy atom. The molecule has 2 N–H and O–H groups in total. The van der Waals surface area contributed by atoms with E-state index < -0.39 is 34.6 Å². The summed E-state index contributed by atoms with van der Waals surface area (Å²) in [5.74, 6) is -0.920. The van der Waals surface area contributed by atoms with Gasteiger partial charge in [0.1, 0.15) is 11.4 Å². The topological polar surface area (TPSA) is 38.9 Å². The lowest BCUT2D eigenvalue weighted by molar-refractivity contribution is -0.137. The summed E-state index contributed by atoms with van der Waals surface area (Å²) in [6, 6.07) is 0. The Bertz CT molecular complexity index is 376. The molecule has 84 valence electrons. The molecule has 0 amide bonds. The molecule has 0 aliphatic rings. The Morgan fingerprint density at radius 3 is 2.27 bits per heavy atom. The number of anilines is 1. The van der Waals surface area contributed by atoms with Crippen LogP contribution < -0.4 is 5.73 Å². The highest BCUT2D eigenvalue weighted by Crippen LogP contribution is 2.41. The molecule has 0 saturated heterocycles. The van der Waals surface area contributed by atoms with Gasteiger partial charge in [-0.2, -0.15) is 13.2 Å². The van der Waals surface area contributed by atoms with Gasteiger partial charge >= 0.3 is 6.18 Å². The maximum absolute atomic E-state index is 12.3. The average molecular weight is 247 g/mol. The Kier molecular flexibility index (Phi) is 3.03. The number of hydrogen-bond acceptors (Lipinski definition) is 2. The number of nitrogens with two attached hydrogens (primary N) is 1. The van der Waals surface area contributed by atoms with Crippen molar-refractivity contribution in [1.29, 1.82) is 0 Å². The smallest absolute Gasteiger partial charge is 0.383 e. The van der Waals surface area contributed by atoms with Crippen LogP contribution in [0.3, 0.4) is 0 Å². The maximum atomic E-state index is 12.3. The van der Waals surface area contributed by atoms with Gasteiger partial charge in [-0.3, -0.25) is 0 Å². The van der Waals surface area contributed by atoms with E-state index in [0.29, 0.717) is 6.20 Å². The van der Waals surface area contributed by atoms with Crippen LogP contribution >= 0.6 is 11.6 Å². The van der Waals surface area contributed by atoms with Crippen LogP contribution in [0.2, 0.25) is 5.02 Å². The molecule has 0 atom stereocenters. The van der Waals surface area contributed by atoms with Crippen molar-refractivity contribution in [1.82, 2.24) is 4.98 Å². The molecule has 2 nitrogen and oxygen atoms in total. The Balaban J connectivity index is 3.44. The third-order valence-electron chi connectivity index (χ3n) is 1.59. The number of nitrogens with zero attached hydrogens (tertiary/aromatic N) is 1. The van der Waals surface area contributed by atoms with Crippen molar-refractivity contribution in [2.24, 2.45) is 0 Å². The lowest BCUT2D eigenvalue weighted by Gasteiger charge is -2.13. The fourth-order valence-corrected chi connectivity index (χ4v) is 1.27. The standard InChI is InChI=1S/C7H4ClF5N2/c8-4-2(5(9)10)1-15-6(14)3(4)7(11,12)13/h1,5H,(H2,14,15). The second-order valence-corrected chi connectivity index (χ2v) is 2.96. The number of nitrogen functional groups attached to an aromatic ring is 1. The van der Waals surface area contributed by atoms with Gasteiger partial charge in [0, 0.05) is 6.20 Å². The minimum Gasteiger partial charge on any atom is -0.383 e. The quantitative estimate of drug-likeness (QED) is 0.773. The normalized spacial score (nSPS) is 12.2. The van der Waals surface area contributed by atoms with E-state index in [1.165, 1.54) is 0 Å². The molecule has 0 aliphatic heterocycles. The van der Waals surface area contributed by atoms with Crippen molar-refractivity contribution in [2.45, 2.75) is 12.6 Å². The van der Waals surface area contributed by atoms with Crippen molar-refractivity contribution < 1.29 is 22.0 Å². The third-order valence-corrected chi connectivity index (χ3v) is 2.00. The van der Waals surface area contributed by atoms with Crippen LogP contribution in [-0.2, 0) is 6.18 Å². The second kappa shape index (κ2) is 3.80. The van der Waals surface area contributed by atoms with E-state index in [-0.39, 0.29) is 0 Å². The van der Waals surface area contributed by atoms with Gasteiger partial charge in [0.2, 0.25) is 0 Å². The third kappa shape index (κ3) is 2.28. The van der Waals surface area contributed by atoms with Crippen molar-refractivity contribution in [3.05, 3.63) is 22.3 Å². The Labute approximate surface area is 85.9 Å². The van der Waals surface area contributed by atoms with E-state index >= 15 is 0 Å². The molecule has 15 heavy (non-hydrogen) atoms. The minimum absolute atomic E-state index is 0.525. The molecule has 1 aromatic heterocycles. The molecule has 1 heterocycles. The summed E-state index contributed by atoms with van der Waals surface area (Å²) in [4.78, 5) is 3.02. The molecule has 0 saturated carbocycles. The molecule has 8 heteroatoms. The SMILES string of the molecule is Nc1ncc(C(F)F)c(Cl)c1C(F)(F)F. The molecule has 0 unspecified atom stereocenters. The van der Waals surface area contributed by atoms with Crippen LogP contribution in [0.4, 0.5) is 27.8 Å². The first-order valence-electron chi connectivity index (χ1n) is 3.54. The number of hydrogen-bond donors (Lipinski definition) is 1. The van der Waals surface area contributed by atoms with Crippen molar-refractivity contribution in [3.8, 4) is 0 Å². The van der Waals surface area contributed by atoms with E-state index in [1.807, 2.05) is 0 Å². The van der Waals surface area contributed by atoms with Crippen LogP contribution in [0, 0.1) is 0 Å². The van der Waals surface area contributed by atoms with Crippen LogP contribution in [0.5, 0.6) is 0 Å². The van der Waals surface area contributed by atoms with Crippen LogP contribution in [0.15, 0.2) is 6.20 Å². The van der Waals surface area contributed by atoms with Crippen LogP contribution in [0.25, 0.3) is 0 Å². The summed E-state index contributed by atoms with van der Waals surface area (Å²) < 4.78 is 61.3. The number of rotatable bonds is 1. The van der Waals surface area contributed by atoms with Gasteiger partial charge in [-0.25, -0.2) is 13.8 Å². The zero-order valence-corrected chi connectivity index (χ0v) is 7.70. The fourth-order valence-electron chi connectivity index (χ4n) is 0.939. The molecular formula is C7H4ClF5N2. The van der Waals surface area contributed by atoms with Gasteiger partial charge in [0.15, 0.2) is 0 Å². The summed E-state index contributed by atoms with van der Waals surface area (Å²) in [6.07, 6.45) is -7.51. The maximum Gasteiger partial charge on any atom is 0.421 e. The fraction of sp³-hybridized carbons (Fsp3) is 0.286. The van der Waals surface area contributed by atoms with Crippen molar-refractivity contribution in [2.75, 3.05) is 5.73 Å². The zero-order chi connectivity index (χ0) is 11.8. The molecule has 0 aromatic carbocycles. The number of alkyl halides is 5. The molecule has 1 rings (SSSR count). The van der Waals surface area contributed by atoms with Crippen LogP contribution in [-0.4, -0.2) is 4.98 Å². The van der Waals surface area contributed by atoms with Gasteiger partial charge in [-0.15, -0.1) is 0 Å². The number of halogens is 6. The Morgan fingerprint density at radius 2 is 1.87 bits per heavy atom. The lowest BCUT2D eigenvalue weighted by Crippen LogP contribution is -2.12. The first kappa shape index (κ1) is 12.0. The average Bonchev–Trinajstić information content (AvgIpc) is 2.00. The first-order valence-corrected chi connectivity index (χ1v) is 3.92. The monoisotopic (exact) mass is 246 g/mol. The first-order chi connectivity index (χ1) is 6.75. The van der Waals surface area contributed by atoms with Gasteiger partial charge in [0.05, 0.1) is 10.6 Å². The largest absolute Gasteiger partial charge is 0.421 e. The van der Waals surface area contributed by atoms with E-state index in [2.05, 4.69) is 4.98 Å². The van der Waals surface area contributed by atoms with Crippen molar-refractivity contribution in [3.63, 3.8) is 0 Å². The van der Waals surface area contributed by atoms with Gasteiger partial charge in [-0.05, 0) is 0 Å². The highest BCUT2D eigenvalue weighted by atomic mass is 35.5. The number of aromatic nitrogens is 1. The second-order valence-electron chi connectivity index (χ2n) is 2.59. The molecule has 1 aromatic rings. The molecule has 0 radical (unpaired) electrons. The lowest BCUT2D eigenvalue weighted by atomic mass is 10.2. The molecule has 0 aliphatic carbocycles. The highest BCUT2D eigenvalue weighted by molar-refractivity contribution is 6.32. The van der Waals surface area contributed by atoms with Gasteiger partial charge in [0.25, 0.3) is 6.43 Å². The summed E-state index contributed by atoms with van der Waals surface area (Å²) in [5.41, 5.74) is 2.40. The van der Waals surface area contributed by atoms with E-state index in [4.69, 9.17) is 17.3 Å². The highest BCUT2D eigenvalue weighted by Gasteiger charge is 2.38. The predicted octanol–water partition coefficient (Wildman–Crippen LogP) is 3.27. The van der Waals surface area contributed by atoms with E-state index in [0.717, 1.165) is 0 Å². The minimum atomic E-state index is -4.90. The van der Waals surface area contributed by atoms with E-state index in [1.54, 1.807) is 0 Å². The Hall–Kier alpha value is -1.11. The summed E-state index contributed by atoms with van der Waals surface area (Å²) in [7, 11) is 0. The van der Waals surface area contributed by atoms with Crippen LogP contribution in [0.1, 0.15) is 17.6 Å². The predicted molar refractivity (Wildman–Crippen MR) is 43.6 cm³/mol. The molecule has 0 spiro atoms. The summed E-state index contributed by atoms with van der Waals surface area (Å²) in [6.45, 7) is 0. The zero-order valence-electron chi connectivity index (χ0n) is 6.95. The van der Waals surface area contributed by atoms with Gasteiger partial charge in [-0.1, -0.05) is 11.6 Å². The van der Waals surface area contributed by atoms with Crippen molar-refractivity contribution >= 4 is 17.4 Å². The van der Waals surface area contributed by atoms with E-state index in [9.17, 15) is 22.0 Å².